The van der Waals surface area contributed by atoms with E-state index in [0.29, 0.717) is 13.1 Å². The Labute approximate surface area is 176 Å². The van der Waals surface area contributed by atoms with Gasteiger partial charge in [0.25, 0.3) is 0 Å². The van der Waals surface area contributed by atoms with Crippen LogP contribution < -0.4 is 15.8 Å². The Morgan fingerprint density at radius 3 is 2.69 bits per heavy atom. The number of sulfonamides is 1. The van der Waals surface area contributed by atoms with Crippen molar-refractivity contribution in [1.29, 1.82) is 0 Å². The van der Waals surface area contributed by atoms with Crippen molar-refractivity contribution in [1.82, 2.24) is 10.6 Å². The lowest BCUT2D eigenvalue weighted by Crippen LogP contribution is -2.44. The van der Waals surface area contributed by atoms with Gasteiger partial charge >= 0.3 is 0 Å². The number of thioether (sulfide) groups is 1. The van der Waals surface area contributed by atoms with Crippen LogP contribution in [-0.2, 0) is 23.0 Å². The Hall–Kier alpha value is -1.97. The van der Waals surface area contributed by atoms with Gasteiger partial charge < -0.3 is 15.1 Å². The van der Waals surface area contributed by atoms with Crippen LogP contribution in [0.3, 0.4) is 0 Å². The zero-order chi connectivity index (χ0) is 20.7. The Kier molecular flexibility index (Phi) is 7.26. The molecule has 0 amide bonds. The molecule has 1 atom stereocenters. The SMILES string of the molecule is CC1(CNC(=NCc2ccc(S(N)(=O)=O)cc2)NCCc2ccco2)CCCS1. The number of primary sulfonamides is 1. The molecule has 4 N–H and O–H groups in total. The van der Waals surface area contributed by atoms with Gasteiger partial charge in [0.15, 0.2) is 5.96 Å². The molecule has 7 nitrogen and oxygen atoms in total. The average Bonchev–Trinajstić information content (AvgIpc) is 3.35. The highest BCUT2D eigenvalue weighted by Crippen LogP contribution is 2.36. The van der Waals surface area contributed by atoms with E-state index in [2.05, 4.69) is 22.5 Å². The van der Waals surface area contributed by atoms with Crippen LogP contribution >= 0.6 is 11.8 Å². The summed E-state index contributed by atoms with van der Waals surface area (Å²) in [6.07, 6.45) is 4.88. The van der Waals surface area contributed by atoms with Crippen LogP contribution in [0.15, 0.2) is 57.0 Å². The minimum absolute atomic E-state index is 0.103. The molecule has 0 saturated carbocycles. The molecule has 1 aromatic carbocycles. The number of furan rings is 1. The number of rotatable bonds is 8. The van der Waals surface area contributed by atoms with Crippen molar-refractivity contribution in [3.63, 3.8) is 0 Å². The number of aliphatic imine (C=N–C) groups is 1. The molecular weight excluding hydrogens is 408 g/mol. The second-order valence-electron chi connectivity index (χ2n) is 7.37. The third-order valence-electron chi connectivity index (χ3n) is 4.85. The fraction of sp³-hybridized carbons (Fsp3) is 0.450. The first-order chi connectivity index (χ1) is 13.8. The number of hydrogen-bond donors (Lipinski definition) is 3. The lowest BCUT2D eigenvalue weighted by Gasteiger charge is -2.24. The predicted octanol–water partition coefficient (Wildman–Crippen LogP) is 2.49. The molecule has 1 aliphatic heterocycles. The largest absolute Gasteiger partial charge is 0.469 e. The zero-order valence-corrected chi connectivity index (χ0v) is 18.2. The highest BCUT2D eigenvalue weighted by Gasteiger charge is 2.29. The standard InChI is InChI=1S/C20H28N4O3S2/c1-20(10-3-13-28-20)15-24-19(22-11-9-17-4-2-12-27-17)23-14-16-5-7-18(8-6-16)29(21,25)26/h2,4-8,12H,3,9-11,13-15H2,1H3,(H2,21,25,26)(H2,22,23,24). The van der Waals surface area contributed by atoms with Gasteiger partial charge in [-0.1, -0.05) is 12.1 Å². The molecule has 2 aromatic rings. The van der Waals surface area contributed by atoms with Crippen LogP contribution in [0.4, 0.5) is 0 Å². The molecule has 1 aromatic heterocycles. The molecule has 3 rings (SSSR count). The molecule has 1 aliphatic rings. The van der Waals surface area contributed by atoms with Gasteiger partial charge in [-0.05, 0) is 55.3 Å². The fourth-order valence-corrected chi connectivity index (χ4v) is 4.89. The number of hydrogen-bond acceptors (Lipinski definition) is 5. The van der Waals surface area contributed by atoms with Crippen molar-refractivity contribution < 1.29 is 12.8 Å². The number of nitrogens with two attached hydrogens (primary N) is 1. The Morgan fingerprint density at radius 1 is 1.28 bits per heavy atom. The average molecular weight is 437 g/mol. The molecule has 0 spiro atoms. The van der Waals surface area contributed by atoms with Crippen molar-refractivity contribution in [2.45, 2.75) is 42.4 Å². The summed E-state index contributed by atoms with van der Waals surface area (Å²) >= 11 is 2.00. The molecule has 9 heteroatoms. The monoisotopic (exact) mass is 436 g/mol. The van der Waals surface area contributed by atoms with Gasteiger partial charge in [0.05, 0.1) is 17.7 Å². The summed E-state index contributed by atoms with van der Waals surface area (Å²) in [5.41, 5.74) is 0.908. The first-order valence-corrected chi connectivity index (χ1v) is 12.2. The molecule has 1 saturated heterocycles. The van der Waals surface area contributed by atoms with E-state index in [4.69, 9.17) is 9.56 Å². The van der Waals surface area contributed by atoms with Gasteiger partial charge in [0, 0.05) is 24.3 Å². The quantitative estimate of drug-likeness (QED) is 0.433. The van der Waals surface area contributed by atoms with Gasteiger partial charge in [0.2, 0.25) is 10.0 Å². The van der Waals surface area contributed by atoms with Gasteiger partial charge in [-0.2, -0.15) is 11.8 Å². The Balaban J connectivity index is 1.61. The molecule has 2 heterocycles. The Morgan fingerprint density at radius 2 is 2.07 bits per heavy atom. The highest BCUT2D eigenvalue weighted by molar-refractivity contribution is 8.00. The van der Waals surface area contributed by atoms with E-state index in [1.165, 1.54) is 30.7 Å². The van der Waals surface area contributed by atoms with Crippen molar-refractivity contribution in [2.75, 3.05) is 18.8 Å². The zero-order valence-electron chi connectivity index (χ0n) is 16.6. The van der Waals surface area contributed by atoms with E-state index in [-0.39, 0.29) is 9.64 Å². The topological polar surface area (TPSA) is 110 Å². The first kappa shape index (κ1) is 21.7. The lowest BCUT2D eigenvalue weighted by atomic mass is 10.1. The van der Waals surface area contributed by atoms with Gasteiger partial charge in [-0.3, -0.25) is 0 Å². The van der Waals surface area contributed by atoms with Crippen LogP contribution in [0.2, 0.25) is 0 Å². The second-order valence-corrected chi connectivity index (χ2v) is 10.6. The number of nitrogens with one attached hydrogen (secondary N) is 2. The van der Waals surface area contributed by atoms with E-state index in [9.17, 15) is 8.42 Å². The van der Waals surface area contributed by atoms with E-state index in [1.54, 1.807) is 18.4 Å². The van der Waals surface area contributed by atoms with Crippen LogP contribution in [0.1, 0.15) is 31.1 Å². The molecule has 158 valence electrons. The maximum absolute atomic E-state index is 11.4. The molecule has 29 heavy (non-hydrogen) atoms. The van der Waals surface area contributed by atoms with Crippen molar-refractivity contribution in [3.05, 3.63) is 54.0 Å². The summed E-state index contributed by atoms with van der Waals surface area (Å²) in [5.74, 6) is 2.86. The number of guanidine groups is 1. The van der Waals surface area contributed by atoms with E-state index in [0.717, 1.165) is 30.2 Å². The molecule has 1 fully saturated rings. The molecule has 0 bridgehead atoms. The molecule has 0 aliphatic carbocycles. The van der Waals surface area contributed by atoms with Gasteiger partial charge in [0.1, 0.15) is 5.76 Å². The van der Waals surface area contributed by atoms with Crippen LogP contribution in [0.25, 0.3) is 0 Å². The Bertz CT molecular complexity index is 904. The van der Waals surface area contributed by atoms with Crippen LogP contribution in [0, 0.1) is 0 Å². The molecular formula is C20H28N4O3S2. The van der Waals surface area contributed by atoms with E-state index >= 15 is 0 Å². The van der Waals surface area contributed by atoms with Gasteiger partial charge in [-0.25, -0.2) is 18.5 Å². The normalized spacial score (nSPS) is 20.0. The number of benzene rings is 1. The van der Waals surface area contributed by atoms with E-state index < -0.39 is 10.0 Å². The van der Waals surface area contributed by atoms with Crippen molar-refractivity contribution in [2.24, 2.45) is 10.1 Å². The second kappa shape index (κ2) is 9.69. The summed E-state index contributed by atoms with van der Waals surface area (Å²) in [6, 6.07) is 10.3. The summed E-state index contributed by atoms with van der Waals surface area (Å²) in [5, 5.41) is 12.0. The third kappa shape index (κ3) is 6.80. The summed E-state index contributed by atoms with van der Waals surface area (Å²) in [6.45, 7) is 4.26. The molecule has 1 unspecified atom stereocenters. The first-order valence-electron chi connectivity index (χ1n) is 9.64. The predicted molar refractivity (Wildman–Crippen MR) is 117 cm³/mol. The highest BCUT2D eigenvalue weighted by atomic mass is 32.2. The lowest BCUT2D eigenvalue weighted by molar-refractivity contribution is 0.506. The number of nitrogens with zero attached hydrogens (tertiary/aromatic N) is 1. The van der Waals surface area contributed by atoms with Crippen LogP contribution in [0.5, 0.6) is 0 Å². The smallest absolute Gasteiger partial charge is 0.238 e. The fourth-order valence-electron chi connectivity index (χ4n) is 3.14. The van der Waals surface area contributed by atoms with Gasteiger partial charge in [-0.15, -0.1) is 0 Å². The summed E-state index contributed by atoms with van der Waals surface area (Å²) in [4.78, 5) is 4.77. The maximum Gasteiger partial charge on any atom is 0.238 e. The molecule has 0 radical (unpaired) electrons. The summed E-state index contributed by atoms with van der Waals surface area (Å²) < 4.78 is 28.4. The summed E-state index contributed by atoms with van der Waals surface area (Å²) in [7, 11) is -3.68. The van der Waals surface area contributed by atoms with Crippen molar-refractivity contribution >= 4 is 27.7 Å². The third-order valence-corrected chi connectivity index (χ3v) is 7.31. The maximum atomic E-state index is 11.4. The minimum atomic E-state index is -3.68. The van der Waals surface area contributed by atoms with E-state index in [1.807, 2.05) is 23.9 Å². The minimum Gasteiger partial charge on any atom is -0.469 e. The van der Waals surface area contributed by atoms with Crippen molar-refractivity contribution in [3.8, 4) is 0 Å². The van der Waals surface area contributed by atoms with Crippen LogP contribution in [-0.4, -0.2) is 38.0 Å².